The van der Waals surface area contributed by atoms with Crippen LogP contribution in [0.25, 0.3) is 5.69 Å². The highest BCUT2D eigenvalue weighted by molar-refractivity contribution is 7.89. The van der Waals surface area contributed by atoms with Crippen LogP contribution in [0.5, 0.6) is 0 Å². The fraction of sp³-hybridized carbons (Fsp3) is 0.231. The number of nitrogens with zero attached hydrogens (tertiary/aromatic N) is 5. The van der Waals surface area contributed by atoms with Gasteiger partial charge in [-0.25, -0.2) is 13.1 Å². The molecule has 1 aliphatic rings. The van der Waals surface area contributed by atoms with E-state index in [1.165, 1.54) is 15.3 Å². The van der Waals surface area contributed by atoms with Crippen molar-refractivity contribution in [3.05, 3.63) is 102 Å². The molecule has 1 fully saturated rings. The number of rotatable bonds is 7. The van der Waals surface area contributed by atoms with Gasteiger partial charge in [0.1, 0.15) is 6.33 Å². The second kappa shape index (κ2) is 10.4. The van der Waals surface area contributed by atoms with Crippen molar-refractivity contribution in [2.75, 3.05) is 13.1 Å². The van der Waals surface area contributed by atoms with Gasteiger partial charge >= 0.3 is 0 Å². The maximum atomic E-state index is 13.2. The second-order valence-electron chi connectivity index (χ2n) is 8.69. The van der Waals surface area contributed by atoms with Crippen LogP contribution in [-0.4, -0.2) is 51.9 Å². The van der Waals surface area contributed by atoms with E-state index >= 15 is 0 Å². The van der Waals surface area contributed by atoms with E-state index in [0.29, 0.717) is 18.5 Å². The number of aromatic nitrogens is 4. The van der Waals surface area contributed by atoms with E-state index in [1.807, 2.05) is 60.7 Å². The van der Waals surface area contributed by atoms with Gasteiger partial charge in [-0.3, -0.25) is 4.79 Å². The van der Waals surface area contributed by atoms with Crippen LogP contribution in [0.15, 0.2) is 96.2 Å². The van der Waals surface area contributed by atoms with Gasteiger partial charge in [-0.1, -0.05) is 60.7 Å². The lowest BCUT2D eigenvalue weighted by molar-refractivity contribution is -0.126. The fourth-order valence-corrected chi connectivity index (χ4v) is 5.94. The molecule has 184 valence electrons. The number of nitrogens with one attached hydrogen (secondary N) is 1. The zero-order valence-electron chi connectivity index (χ0n) is 19.5. The maximum Gasteiger partial charge on any atom is 0.243 e. The summed E-state index contributed by atoms with van der Waals surface area (Å²) in [5, 5.41) is 14.2. The second-order valence-corrected chi connectivity index (χ2v) is 10.6. The zero-order chi connectivity index (χ0) is 25.0. The van der Waals surface area contributed by atoms with Crippen molar-refractivity contribution in [3.8, 4) is 5.69 Å². The summed E-state index contributed by atoms with van der Waals surface area (Å²) < 4.78 is 29.3. The number of hydrogen-bond donors (Lipinski definition) is 1. The molecule has 0 unspecified atom stereocenters. The zero-order valence-corrected chi connectivity index (χ0v) is 20.3. The third-order valence-corrected chi connectivity index (χ3v) is 8.38. The standard InChI is InChI=1S/C26H26N6O3S/c33-26(28-25(20-7-3-1-4-8-20)21-9-5-2-6-10-21)22-15-17-31(18-16-22)36(34,35)24-13-11-23(12-14-24)32-19-27-29-30-32/h1-14,19,22,25H,15-18H2,(H,28,33). The van der Waals surface area contributed by atoms with Crippen LogP contribution in [0.4, 0.5) is 0 Å². The topological polar surface area (TPSA) is 110 Å². The smallest absolute Gasteiger partial charge is 0.243 e. The van der Waals surface area contributed by atoms with Crippen LogP contribution in [0.1, 0.15) is 30.0 Å². The number of carbonyl (C=O) groups excluding carboxylic acids is 1. The quantitative estimate of drug-likeness (QED) is 0.416. The molecule has 1 aromatic heterocycles. The Morgan fingerprint density at radius 3 is 1.97 bits per heavy atom. The molecular formula is C26H26N6O3S. The van der Waals surface area contributed by atoms with Crippen molar-refractivity contribution >= 4 is 15.9 Å². The van der Waals surface area contributed by atoms with Gasteiger partial charge in [0.25, 0.3) is 0 Å². The first kappa shape index (κ1) is 23.8. The Kier molecular flexibility index (Phi) is 6.88. The van der Waals surface area contributed by atoms with Gasteiger partial charge in [0.15, 0.2) is 0 Å². The van der Waals surface area contributed by atoms with Crippen molar-refractivity contribution < 1.29 is 13.2 Å². The average Bonchev–Trinajstić information content (AvgIpc) is 3.48. The summed E-state index contributed by atoms with van der Waals surface area (Å²) in [6.07, 6.45) is 2.37. The first-order chi connectivity index (χ1) is 17.5. The van der Waals surface area contributed by atoms with Crippen molar-refractivity contribution in [3.63, 3.8) is 0 Å². The first-order valence-corrected chi connectivity index (χ1v) is 13.2. The molecule has 5 rings (SSSR count). The molecular weight excluding hydrogens is 476 g/mol. The van der Waals surface area contributed by atoms with Gasteiger partial charge in [-0.15, -0.1) is 5.10 Å². The average molecular weight is 503 g/mol. The summed E-state index contributed by atoms with van der Waals surface area (Å²) in [6, 6.07) is 25.9. The Labute approximate surface area is 209 Å². The third kappa shape index (κ3) is 5.05. The number of tetrazole rings is 1. The molecule has 1 amide bonds. The van der Waals surface area contributed by atoms with Gasteiger partial charge in [0, 0.05) is 19.0 Å². The molecule has 0 atom stereocenters. The molecule has 3 aromatic carbocycles. The van der Waals surface area contributed by atoms with Gasteiger partial charge in [-0.05, 0) is 58.7 Å². The molecule has 1 aliphatic heterocycles. The van der Waals surface area contributed by atoms with E-state index in [1.54, 1.807) is 24.3 Å². The number of carbonyl (C=O) groups is 1. The summed E-state index contributed by atoms with van der Waals surface area (Å²) in [4.78, 5) is 13.4. The molecule has 0 spiro atoms. The van der Waals surface area contributed by atoms with Crippen molar-refractivity contribution in [2.24, 2.45) is 5.92 Å². The van der Waals surface area contributed by atoms with E-state index in [2.05, 4.69) is 20.8 Å². The number of sulfonamides is 1. The molecule has 9 nitrogen and oxygen atoms in total. The summed E-state index contributed by atoms with van der Waals surface area (Å²) >= 11 is 0. The third-order valence-electron chi connectivity index (χ3n) is 6.47. The van der Waals surface area contributed by atoms with Crippen LogP contribution in [0.3, 0.4) is 0 Å². The minimum absolute atomic E-state index is 0.0597. The van der Waals surface area contributed by atoms with E-state index in [9.17, 15) is 13.2 Å². The van der Waals surface area contributed by atoms with Crippen LogP contribution in [-0.2, 0) is 14.8 Å². The monoisotopic (exact) mass is 502 g/mol. The van der Waals surface area contributed by atoms with Crippen molar-refractivity contribution in [2.45, 2.75) is 23.8 Å². The number of piperidine rings is 1. The van der Waals surface area contributed by atoms with Crippen LogP contribution in [0, 0.1) is 5.92 Å². The Hall–Kier alpha value is -3.89. The highest BCUT2D eigenvalue weighted by Gasteiger charge is 2.33. The van der Waals surface area contributed by atoms with E-state index in [4.69, 9.17) is 0 Å². The summed E-state index contributed by atoms with van der Waals surface area (Å²) in [5.41, 5.74) is 2.67. The SMILES string of the molecule is O=C(NC(c1ccccc1)c1ccccc1)C1CCN(S(=O)(=O)c2ccc(-n3cnnn3)cc2)CC1. The number of hydrogen-bond acceptors (Lipinski definition) is 6. The lowest BCUT2D eigenvalue weighted by Gasteiger charge is -2.31. The highest BCUT2D eigenvalue weighted by Crippen LogP contribution is 2.27. The molecule has 0 bridgehead atoms. The van der Waals surface area contributed by atoms with Crippen LogP contribution >= 0.6 is 0 Å². The molecule has 36 heavy (non-hydrogen) atoms. The Balaban J connectivity index is 1.24. The lowest BCUT2D eigenvalue weighted by Crippen LogP contribution is -2.43. The van der Waals surface area contributed by atoms with E-state index in [0.717, 1.165) is 11.1 Å². The number of benzene rings is 3. The summed E-state index contributed by atoms with van der Waals surface area (Å²) in [7, 11) is -3.67. The molecule has 10 heteroatoms. The van der Waals surface area contributed by atoms with Crippen molar-refractivity contribution in [1.82, 2.24) is 29.8 Å². The normalized spacial score (nSPS) is 15.1. The summed E-state index contributed by atoms with van der Waals surface area (Å²) in [6.45, 7) is 0.576. The Bertz CT molecular complexity index is 1350. The van der Waals surface area contributed by atoms with Gasteiger partial charge in [-0.2, -0.15) is 4.31 Å². The van der Waals surface area contributed by atoms with E-state index in [-0.39, 0.29) is 35.9 Å². The predicted octanol–water partition coefficient (Wildman–Crippen LogP) is 2.97. The largest absolute Gasteiger partial charge is 0.345 e. The molecule has 2 heterocycles. The lowest BCUT2D eigenvalue weighted by atomic mass is 9.94. The summed E-state index contributed by atoms with van der Waals surface area (Å²) in [5.74, 6) is -0.316. The molecule has 4 aromatic rings. The van der Waals surface area contributed by atoms with Gasteiger partial charge < -0.3 is 5.32 Å². The van der Waals surface area contributed by atoms with Gasteiger partial charge in [0.2, 0.25) is 15.9 Å². The molecule has 1 saturated heterocycles. The highest BCUT2D eigenvalue weighted by atomic mass is 32.2. The fourth-order valence-electron chi connectivity index (χ4n) is 4.47. The molecule has 0 saturated carbocycles. The van der Waals surface area contributed by atoms with Crippen molar-refractivity contribution in [1.29, 1.82) is 0 Å². The van der Waals surface area contributed by atoms with E-state index < -0.39 is 10.0 Å². The molecule has 0 radical (unpaired) electrons. The molecule has 0 aliphatic carbocycles. The molecule has 1 N–H and O–H groups in total. The van der Waals surface area contributed by atoms with Gasteiger partial charge in [0.05, 0.1) is 16.6 Å². The van der Waals surface area contributed by atoms with Crippen LogP contribution < -0.4 is 5.32 Å². The number of amides is 1. The minimum atomic E-state index is -3.67. The first-order valence-electron chi connectivity index (χ1n) is 11.8. The maximum absolute atomic E-state index is 13.2. The predicted molar refractivity (Wildman–Crippen MR) is 134 cm³/mol. The Morgan fingerprint density at radius 2 is 1.44 bits per heavy atom. The van der Waals surface area contributed by atoms with Crippen LogP contribution in [0.2, 0.25) is 0 Å². The minimum Gasteiger partial charge on any atom is -0.345 e. The Morgan fingerprint density at radius 1 is 0.861 bits per heavy atom.